The van der Waals surface area contributed by atoms with Crippen LogP contribution in [0.25, 0.3) is 0 Å². The van der Waals surface area contributed by atoms with Gasteiger partial charge in [-0.2, -0.15) is 0 Å². The van der Waals surface area contributed by atoms with E-state index in [1.165, 1.54) is 6.42 Å². The summed E-state index contributed by atoms with van der Waals surface area (Å²) in [6, 6.07) is 13.1. The number of nitrogens with zero attached hydrogens (tertiary/aromatic N) is 2. The number of rotatable bonds is 7. The summed E-state index contributed by atoms with van der Waals surface area (Å²) in [5.41, 5.74) is 1.71. The minimum absolute atomic E-state index is 0.443. The Bertz CT molecular complexity index is 890. The van der Waals surface area contributed by atoms with Gasteiger partial charge in [0.05, 0.1) is 26.2 Å². The highest BCUT2D eigenvalue weighted by Crippen LogP contribution is 2.38. The molecule has 8 heteroatoms. The normalized spacial score (nSPS) is 19.2. The standard InChI is InChI=1S/C21H28ClN3O2S2/c1-4-16-8-5-6-15-25(16)21-19(22)9-7-10-20(21)23-28(26)17-11-13-18(14-12-17)29(27)24(2)3/h7,9-14,16,23H,4-6,8,15H2,1-3H3. The smallest absolute Gasteiger partial charge is 0.150 e. The molecule has 1 fully saturated rings. The van der Waals surface area contributed by atoms with Crippen molar-refractivity contribution in [1.82, 2.24) is 4.31 Å². The summed E-state index contributed by atoms with van der Waals surface area (Å²) < 4.78 is 29.9. The van der Waals surface area contributed by atoms with Crippen molar-refractivity contribution in [3.8, 4) is 0 Å². The zero-order chi connectivity index (χ0) is 21.0. The second kappa shape index (κ2) is 10.1. The minimum Gasteiger partial charge on any atom is -0.366 e. The van der Waals surface area contributed by atoms with E-state index in [9.17, 15) is 8.42 Å². The Labute approximate surface area is 183 Å². The molecule has 1 N–H and O–H groups in total. The molecule has 0 amide bonds. The monoisotopic (exact) mass is 453 g/mol. The number of anilines is 2. The molecule has 1 heterocycles. The van der Waals surface area contributed by atoms with Crippen LogP contribution in [0.15, 0.2) is 52.3 Å². The van der Waals surface area contributed by atoms with E-state index in [0.717, 1.165) is 37.2 Å². The Hall–Kier alpha value is -1.41. The molecule has 5 nitrogen and oxygen atoms in total. The lowest BCUT2D eigenvalue weighted by molar-refractivity contribution is 0.450. The van der Waals surface area contributed by atoms with Gasteiger partial charge in [-0.1, -0.05) is 24.6 Å². The quantitative estimate of drug-likeness (QED) is 0.653. The van der Waals surface area contributed by atoms with Gasteiger partial charge in [0.2, 0.25) is 0 Å². The van der Waals surface area contributed by atoms with E-state index in [1.807, 2.05) is 18.2 Å². The topological polar surface area (TPSA) is 52.7 Å². The predicted molar refractivity (Wildman–Crippen MR) is 123 cm³/mol. The zero-order valence-electron chi connectivity index (χ0n) is 17.1. The number of halogens is 1. The van der Waals surface area contributed by atoms with Crippen molar-refractivity contribution in [2.24, 2.45) is 0 Å². The van der Waals surface area contributed by atoms with E-state index >= 15 is 0 Å². The molecule has 0 aromatic heterocycles. The fourth-order valence-corrected chi connectivity index (χ4v) is 5.60. The molecule has 3 atom stereocenters. The summed E-state index contributed by atoms with van der Waals surface area (Å²) in [5, 5.41) is 0.670. The predicted octanol–water partition coefficient (Wildman–Crippen LogP) is 4.83. The summed E-state index contributed by atoms with van der Waals surface area (Å²) in [6.45, 7) is 3.15. The summed E-state index contributed by atoms with van der Waals surface area (Å²) in [5.74, 6) is 0. The number of nitrogens with one attached hydrogen (secondary N) is 1. The van der Waals surface area contributed by atoms with Gasteiger partial charge in [-0.25, -0.2) is 12.7 Å². The van der Waals surface area contributed by atoms with E-state index in [-0.39, 0.29) is 0 Å². The van der Waals surface area contributed by atoms with Gasteiger partial charge in [-0.3, -0.25) is 4.72 Å². The molecule has 1 aliphatic rings. The molecule has 2 aromatic rings. The molecule has 1 saturated heterocycles. The van der Waals surface area contributed by atoms with E-state index in [1.54, 1.807) is 42.7 Å². The van der Waals surface area contributed by atoms with Crippen molar-refractivity contribution in [2.75, 3.05) is 30.3 Å². The van der Waals surface area contributed by atoms with Gasteiger partial charge in [0.15, 0.2) is 0 Å². The van der Waals surface area contributed by atoms with E-state index in [2.05, 4.69) is 16.5 Å². The molecule has 1 aliphatic heterocycles. The molecule has 0 radical (unpaired) electrons. The summed E-state index contributed by atoms with van der Waals surface area (Å²) >= 11 is 6.58. The van der Waals surface area contributed by atoms with Crippen LogP contribution in [-0.4, -0.2) is 39.4 Å². The van der Waals surface area contributed by atoms with E-state index in [0.29, 0.717) is 20.9 Å². The van der Waals surface area contributed by atoms with Gasteiger partial charge >= 0.3 is 0 Å². The maximum Gasteiger partial charge on any atom is 0.150 e. The van der Waals surface area contributed by atoms with Gasteiger partial charge < -0.3 is 4.90 Å². The molecule has 0 aliphatic carbocycles. The van der Waals surface area contributed by atoms with Gasteiger partial charge in [0, 0.05) is 12.6 Å². The first-order chi connectivity index (χ1) is 13.9. The highest BCUT2D eigenvalue weighted by Gasteiger charge is 2.25. The van der Waals surface area contributed by atoms with Crippen molar-refractivity contribution < 1.29 is 8.42 Å². The Morgan fingerprint density at radius 1 is 1.10 bits per heavy atom. The second-order valence-electron chi connectivity index (χ2n) is 7.29. The molecule has 3 unspecified atom stereocenters. The summed E-state index contributed by atoms with van der Waals surface area (Å²) in [6.07, 6.45) is 4.57. The number of piperidine rings is 1. The molecule has 3 rings (SSSR count). The third-order valence-electron chi connectivity index (χ3n) is 5.15. The van der Waals surface area contributed by atoms with Gasteiger partial charge in [-0.05, 0) is 76.2 Å². The molecule has 29 heavy (non-hydrogen) atoms. The molecule has 0 saturated carbocycles. The lowest BCUT2D eigenvalue weighted by Gasteiger charge is -2.38. The Kier molecular flexibility index (Phi) is 7.73. The van der Waals surface area contributed by atoms with Crippen molar-refractivity contribution in [2.45, 2.75) is 48.4 Å². The number of hydrogen-bond donors (Lipinski definition) is 1. The minimum atomic E-state index is -1.45. The molecular weight excluding hydrogens is 426 g/mol. The van der Waals surface area contributed by atoms with Crippen LogP contribution >= 0.6 is 11.6 Å². The van der Waals surface area contributed by atoms with Gasteiger partial charge in [-0.15, -0.1) is 0 Å². The third-order valence-corrected chi connectivity index (χ3v) is 7.90. The molecule has 2 aromatic carbocycles. The average molecular weight is 454 g/mol. The highest BCUT2D eigenvalue weighted by molar-refractivity contribution is 7.86. The molecule has 158 valence electrons. The maximum absolute atomic E-state index is 13.0. The zero-order valence-corrected chi connectivity index (χ0v) is 19.4. The Morgan fingerprint density at radius 2 is 1.79 bits per heavy atom. The first kappa shape index (κ1) is 22.3. The van der Waals surface area contributed by atoms with Crippen molar-refractivity contribution >= 4 is 44.9 Å². The van der Waals surface area contributed by atoms with E-state index < -0.39 is 22.0 Å². The van der Waals surface area contributed by atoms with Crippen molar-refractivity contribution in [1.29, 1.82) is 0 Å². The largest absolute Gasteiger partial charge is 0.366 e. The maximum atomic E-state index is 13.0. The second-order valence-corrected chi connectivity index (χ2v) is 10.6. The first-order valence-corrected chi connectivity index (χ1v) is 12.5. The SMILES string of the molecule is CCC1CCCCN1c1c(Cl)cccc1NS(=O)c1ccc(S(=O)N(C)C)cc1. The number of para-hydroxylation sites is 1. The fourth-order valence-electron chi connectivity index (χ4n) is 3.66. The molecule has 0 spiro atoms. The molecular formula is C21H28ClN3O2S2. The Balaban J connectivity index is 1.84. The van der Waals surface area contributed by atoms with Crippen LogP contribution in [0.4, 0.5) is 11.4 Å². The van der Waals surface area contributed by atoms with E-state index in [4.69, 9.17) is 11.6 Å². The van der Waals surface area contributed by atoms with Crippen LogP contribution in [-0.2, 0) is 22.0 Å². The molecule has 0 bridgehead atoms. The Morgan fingerprint density at radius 3 is 2.45 bits per heavy atom. The number of benzene rings is 2. The van der Waals surface area contributed by atoms with Crippen LogP contribution in [0.3, 0.4) is 0 Å². The first-order valence-electron chi connectivity index (χ1n) is 9.85. The van der Waals surface area contributed by atoms with Crippen LogP contribution in [0.5, 0.6) is 0 Å². The summed E-state index contributed by atoms with van der Waals surface area (Å²) in [4.78, 5) is 3.66. The lowest BCUT2D eigenvalue weighted by atomic mass is 9.99. The highest BCUT2D eigenvalue weighted by atomic mass is 35.5. The van der Waals surface area contributed by atoms with Crippen LogP contribution in [0, 0.1) is 0 Å². The van der Waals surface area contributed by atoms with Gasteiger partial charge in [0.1, 0.15) is 22.0 Å². The number of hydrogen-bond acceptors (Lipinski definition) is 3. The van der Waals surface area contributed by atoms with Crippen LogP contribution in [0.2, 0.25) is 5.02 Å². The van der Waals surface area contributed by atoms with Crippen LogP contribution in [0.1, 0.15) is 32.6 Å². The lowest BCUT2D eigenvalue weighted by Crippen LogP contribution is -2.39. The fraction of sp³-hybridized carbons (Fsp3) is 0.429. The van der Waals surface area contributed by atoms with Crippen molar-refractivity contribution in [3.63, 3.8) is 0 Å². The average Bonchev–Trinajstić information content (AvgIpc) is 2.73. The summed E-state index contributed by atoms with van der Waals surface area (Å²) in [7, 11) is 0.846. The third kappa shape index (κ3) is 5.20. The van der Waals surface area contributed by atoms with Crippen LogP contribution < -0.4 is 9.62 Å². The van der Waals surface area contributed by atoms with Gasteiger partial charge in [0.25, 0.3) is 0 Å². The van der Waals surface area contributed by atoms with Crippen molar-refractivity contribution in [3.05, 3.63) is 47.5 Å².